The Morgan fingerprint density at radius 3 is 2.97 bits per heavy atom. The molecule has 9 nitrogen and oxygen atoms in total. The summed E-state index contributed by atoms with van der Waals surface area (Å²) >= 11 is 0. The van der Waals surface area contributed by atoms with Gasteiger partial charge in [0.05, 0.1) is 12.2 Å². The first-order chi connectivity index (χ1) is 16.0. The van der Waals surface area contributed by atoms with Gasteiger partial charge in [0.1, 0.15) is 24.6 Å². The Morgan fingerprint density at radius 1 is 1.45 bits per heavy atom. The summed E-state index contributed by atoms with van der Waals surface area (Å²) in [4.78, 5) is 27.6. The summed E-state index contributed by atoms with van der Waals surface area (Å²) in [6, 6.07) is 3.43. The van der Waals surface area contributed by atoms with E-state index in [1.54, 1.807) is 42.2 Å². The Kier molecular flexibility index (Phi) is 8.52. The number of oxime groups is 1. The third-order valence-electron chi connectivity index (χ3n) is 5.07. The molecule has 33 heavy (non-hydrogen) atoms. The summed E-state index contributed by atoms with van der Waals surface area (Å²) in [5.74, 6) is 6.82. The fourth-order valence-electron chi connectivity index (χ4n) is 3.51. The number of rotatable bonds is 9. The summed E-state index contributed by atoms with van der Waals surface area (Å²) in [5.41, 5.74) is 2.32. The number of imidazole rings is 1. The van der Waals surface area contributed by atoms with Gasteiger partial charge < -0.3 is 19.8 Å². The molecule has 3 heterocycles. The van der Waals surface area contributed by atoms with Gasteiger partial charge in [0.25, 0.3) is 0 Å². The molecule has 1 aliphatic rings. The SMILES string of the molecule is C=C/C=C(/C#Cc1ccc(CN2CCNC(=O)C2)nc1)C(CON=C)n1ccnc1[C@H](C)O. The van der Waals surface area contributed by atoms with Crippen LogP contribution in [0.2, 0.25) is 0 Å². The smallest absolute Gasteiger partial charge is 0.234 e. The van der Waals surface area contributed by atoms with Gasteiger partial charge in [-0.25, -0.2) is 4.98 Å². The number of pyridine rings is 1. The van der Waals surface area contributed by atoms with Crippen molar-refractivity contribution in [3.63, 3.8) is 0 Å². The van der Waals surface area contributed by atoms with Crippen LogP contribution in [0, 0.1) is 11.8 Å². The molecule has 2 N–H and O–H groups in total. The van der Waals surface area contributed by atoms with Crippen LogP contribution in [0.3, 0.4) is 0 Å². The Morgan fingerprint density at radius 2 is 2.30 bits per heavy atom. The number of allylic oxidation sites excluding steroid dienone is 2. The minimum Gasteiger partial charge on any atom is -0.394 e. The van der Waals surface area contributed by atoms with Crippen LogP contribution in [-0.2, 0) is 16.2 Å². The number of aliphatic hydroxyl groups is 1. The highest BCUT2D eigenvalue weighted by molar-refractivity contribution is 5.78. The lowest BCUT2D eigenvalue weighted by Gasteiger charge is -2.25. The van der Waals surface area contributed by atoms with E-state index in [2.05, 4.69) is 50.5 Å². The number of nitrogens with one attached hydrogen (secondary N) is 1. The maximum atomic E-state index is 11.5. The number of amides is 1. The average molecular weight is 449 g/mol. The molecular weight excluding hydrogens is 420 g/mol. The molecule has 0 radical (unpaired) electrons. The summed E-state index contributed by atoms with van der Waals surface area (Å²) in [6.45, 7) is 11.4. The maximum absolute atomic E-state index is 11.5. The number of carbonyl (C=O) groups is 1. The van der Waals surface area contributed by atoms with Gasteiger partial charge >= 0.3 is 0 Å². The third kappa shape index (κ3) is 6.62. The van der Waals surface area contributed by atoms with Gasteiger partial charge in [-0.1, -0.05) is 24.5 Å². The molecule has 172 valence electrons. The zero-order valence-electron chi connectivity index (χ0n) is 18.6. The summed E-state index contributed by atoms with van der Waals surface area (Å²) in [7, 11) is 0. The van der Waals surface area contributed by atoms with E-state index in [4.69, 9.17) is 4.84 Å². The number of carbonyl (C=O) groups excluding carboxylic acids is 1. The van der Waals surface area contributed by atoms with Crippen LogP contribution in [-0.4, -0.2) is 63.4 Å². The van der Waals surface area contributed by atoms with Crippen molar-refractivity contribution in [3.8, 4) is 11.8 Å². The molecule has 0 aliphatic carbocycles. The molecular formula is C24H28N6O3. The monoisotopic (exact) mass is 448 g/mol. The van der Waals surface area contributed by atoms with Gasteiger partial charge in [0.2, 0.25) is 5.91 Å². The molecule has 2 aromatic heterocycles. The summed E-state index contributed by atoms with van der Waals surface area (Å²) in [5, 5.41) is 16.4. The van der Waals surface area contributed by atoms with E-state index in [0.29, 0.717) is 31.0 Å². The molecule has 2 aromatic rings. The van der Waals surface area contributed by atoms with E-state index in [0.717, 1.165) is 17.8 Å². The standard InChI is InChI=1S/C24H28N6O3/c1-4-5-20(22(17-33-25-3)30-13-11-27-24(30)18(2)31)8-6-19-7-9-21(28-14-19)15-29-12-10-26-23(32)16-29/h4-5,7,9,11,13-14,18,22,31H,1,3,10,12,15-17H2,2H3,(H,26,32)/b20-5-/t18-,22?/m0/s1. The molecule has 3 rings (SSSR count). The van der Waals surface area contributed by atoms with Crippen LogP contribution in [0.5, 0.6) is 0 Å². The van der Waals surface area contributed by atoms with Gasteiger partial charge in [-0.3, -0.25) is 14.7 Å². The van der Waals surface area contributed by atoms with Crippen molar-refractivity contribution in [1.82, 2.24) is 24.8 Å². The van der Waals surface area contributed by atoms with E-state index >= 15 is 0 Å². The van der Waals surface area contributed by atoms with E-state index in [9.17, 15) is 9.90 Å². The van der Waals surface area contributed by atoms with Crippen molar-refractivity contribution in [2.24, 2.45) is 5.16 Å². The van der Waals surface area contributed by atoms with Crippen LogP contribution in [0.1, 0.15) is 36.2 Å². The fraction of sp³-hybridized carbons (Fsp3) is 0.333. The lowest BCUT2D eigenvalue weighted by atomic mass is 10.1. The molecule has 9 heteroatoms. The topological polar surface area (TPSA) is 105 Å². The van der Waals surface area contributed by atoms with Crippen molar-refractivity contribution >= 4 is 12.6 Å². The van der Waals surface area contributed by atoms with Crippen molar-refractivity contribution in [1.29, 1.82) is 0 Å². The van der Waals surface area contributed by atoms with Gasteiger partial charge in [-0.15, -0.1) is 5.16 Å². The van der Waals surface area contributed by atoms with Crippen LogP contribution in [0.25, 0.3) is 0 Å². The lowest BCUT2D eigenvalue weighted by Crippen LogP contribution is -2.47. The second-order valence-corrected chi connectivity index (χ2v) is 7.52. The van der Waals surface area contributed by atoms with E-state index in [1.165, 1.54) is 0 Å². The zero-order valence-corrected chi connectivity index (χ0v) is 18.6. The predicted molar refractivity (Wildman–Crippen MR) is 125 cm³/mol. The van der Waals surface area contributed by atoms with Gasteiger partial charge in [0.15, 0.2) is 0 Å². The first-order valence-electron chi connectivity index (χ1n) is 10.6. The minimum atomic E-state index is -0.764. The number of hydrogen-bond acceptors (Lipinski definition) is 7. The number of aromatic nitrogens is 3. The largest absolute Gasteiger partial charge is 0.394 e. The summed E-state index contributed by atoms with van der Waals surface area (Å²) in [6.07, 6.45) is 7.76. The number of piperazine rings is 1. The number of aliphatic hydroxyl groups excluding tert-OH is 1. The molecule has 0 spiro atoms. The molecule has 1 saturated heterocycles. The number of hydrogen-bond donors (Lipinski definition) is 2. The van der Waals surface area contributed by atoms with Gasteiger partial charge in [-0.2, -0.15) is 0 Å². The first kappa shape index (κ1) is 23.9. The van der Waals surface area contributed by atoms with Crippen LogP contribution >= 0.6 is 0 Å². The molecule has 1 amide bonds. The highest BCUT2D eigenvalue weighted by atomic mass is 16.6. The molecule has 0 bridgehead atoms. The van der Waals surface area contributed by atoms with E-state index in [-0.39, 0.29) is 18.6 Å². The molecule has 1 fully saturated rings. The predicted octanol–water partition coefficient (Wildman–Crippen LogP) is 1.60. The number of nitrogens with zero attached hydrogens (tertiary/aromatic N) is 5. The highest BCUT2D eigenvalue weighted by Crippen LogP contribution is 2.23. The molecule has 1 unspecified atom stereocenters. The fourth-order valence-corrected chi connectivity index (χ4v) is 3.51. The molecule has 1 aliphatic heterocycles. The minimum absolute atomic E-state index is 0.0344. The van der Waals surface area contributed by atoms with Crippen molar-refractivity contribution in [2.75, 3.05) is 26.2 Å². The first-order valence-corrected chi connectivity index (χ1v) is 10.6. The van der Waals surface area contributed by atoms with E-state index < -0.39 is 6.10 Å². The Hall–Kier alpha value is -3.74. The second-order valence-electron chi connectivity index (χ2n) is 7.52. The van der Waals surface area contributed by atoms with Gasteiger partial charge in [-0.05, 0) is 25.1 Å². The zero-order chi connectivity index (χ0) is 23.6. The second kappa shape index (κ2) is 11.8. The maximum Gasteiger partial charge on any atom is 0.234 e. The third-order valence-corrected chi connectivity index (χ3v) is 5.07. The Balaban J connectivity index is 1.79. The average Bonchev–Trinajstić information content (AvgIpc) is 3.29. The van der Waals surface area contributed by atoms with E-state index in [1.807, 2.05) is 12.1 Å². The Bertz CT molecular complexity index is 1060. The quantitative estimate of drug-likeness (QED) is 0.261. The van der Waals surface area contributed by atoms with Crippen LogP contribution < -0.4 is 5.32 Å². The lowest BCUT2D eigenvalue weighted by molar-refractivity contribution is -0.124. The van der Waals surface area contributed by atoms with Crippen molar-refractivity contribution in [2.45, 2.75) is 25.6 Å². The molecule has 0 aromatic carbocycles. The van der Waals surface area contributed by atoms with Crippen LogP contribution in [0.15, 0.2) is 60.2 Å². The highest BCUT2D eigenvalue weighted by Gasteiger charge is 2.21. The van der Waals surface area contributed by atoms with Gasteiger partial charge in [0, 0.05) is 56.1 Å². The molecule has 0 saturated carbocycles. The van der Waals surface area contributed by atoms with Crippen molar-refractivity contribution in [3.05, 3.63) is 72.1 Å². The normalized spacial score (nSPS) is 16.2. The summed E-state index contributed by atoms with van der Waals surface area (Å²) < 4.78 is 1.80. The molecule has 2 atom stereocenters. The van der Waals surface area contributed by atoms with Crippen LogP contribution in [0.4, 0.5) is 0 Å². The van der Waals surface area contributed by atoms with Crippen molar-refractivity contribution < 1.29 is 14.7 Å². The Labute approximate surface area is 193 Å².